The van der Waals surface area contributed by atoms with Gasteiger partial charge in [0, 0.05) is 44.0 Å². The summed E-state index contributed by atoms with van der Waals surface area (Å²) in [5.74, 6) is 0.892. The van der Waals surface area contributed by atoms with E-state index in [0.717, 1.165) is 64.7 Å². The van der Waals surface area contributed by atoms with Crippen molar-refractivity contribution in [1.82, 2.24) is 20.5 Å². The number of ether oxygens (including phenoxy) is 1. The third-order valence-corrected chi connectivity index (χ3v) is 5.14. The second kappa shape index (κ2) is 12.8. The highest BCUT2D eigenvalue weighted by Gasteiger charge is 2.16. The Morgan fingerprint density at radius 2 is 2.12 bits per heavy atom. The molecule has 144 valence electrons. The van der Waals surface area contributed by atoms with Crippen LogP contribution in [0.15, 0.2) is 10.4 Å². The zero-order valence-corrected chi connectivity index (χ0v) is 18.7. The quantitative estimate of drug-likeness (QED) is 0.339. The molecule has 0 aromatic carbocycles. The Morgan fingerprint density at radius 1 is 1.36 bits per heavy atom. The van der Waals surface area contributed by atoms with E-state index in [1.54, 1.807) is 11.3 Å². The average Bonchev–Trinajstić information content (AvgIpc) is 3.08. The monoisotopic (exact) mass is 481 g/mol. The van der Waals surface area contributed by atoms with E-state index < -0.39 is 0 Å². The maximum Gasteiger partial charge on any atom is 0.191 e. The lowest BCUT2D eigenvalue weighted by molar-refractivity contribution is 0.0220. The van der Waals surface area contributed by atoms with Crippen LogP contribution in [-0.2, 0) is 17.6 Å². The topological polar surface area (TPSA) is 61.8 Å². The van der Waals surface area contributed by atoms with Crippen molar-refractivity contribution in [2.45, 2.75) is 39.7 Å². The highest BCUT2D eigenvalue weighted by atomic mass is 127. The Labute approximate surface area is 172 Å². The molecule has 1 aromatic rings. The van der Waals surface area contributed by atoms with Gasteiger partial charge in [-0.05, 0) is 20.3 Å². The number of morpholine rings is 1. The van der Waals surface area contributed by atoms with Crippen LogP contribution in [0.1, 0.15) is 31.5 Å². The molecule has 1 aliphatic heterocycles. The third kappa shape index (κ3) is 8.19. The van der Waals surface area contributed by atoms with Crippen molar-refractivity contribution >= 4 is 41.3 Å². The fraction of sp³-hybridized carbons (Fsp3) is 0.765. The van der Waals surface area contributed by atoms with Crippen molar-refractivity contribution in [2.75, 3.05) is 45.9 Å². The standard InChI is InChI=1S/C17H31N5OS.HI/c1-4-16-21-15(13-24-16)6-7-19-17(18-5-2)20-12-14(3)22-8-10-23-11-9-22;/h13-14H,4-12H2,1-3H3,(H2,18,19,20);1H. The van der Waals surface area contributed by atoms with Gasteiger partial charge in [-0.3, -0.25) is 9.89 Å². The van der Waals surface area contributed by atoms with Gasteiger partial charge in [-0.2, -0.15) is 0 Å². The average molecular weight is 481 g/mol. The van der Waals surface area contributed by atoms with E-state index in [1.165, 1.54) is 10.7 Å². The van der Waals surface area contributed by atoms with E-state index in [2.05, 4.69) is 46.7 Å². The number of nitrogens with one attached hydrogen (secondary N) is 2. The first-order valence-corrected chi connectivity index (χ1v) is 9.88. The number of halogens is 1. The van der Waals surface area contributed by atoms with Gasteiger partial charge in [0.1, 0.15) is 0 Å². The minimum Gasteiger partial charge on any atom is -0.379 e. The molecule has 25 heavy (non-hydrogen) atoms. The van der Waals surface area contributed by atoms with Gasteiger partial charge < -0.3 is 15.4 Å². The summed E-state index contributed by atoms with van der Waals surface area (Å²) in [5.41, 5.74) is 1.17. The molecule has 1 aromatic heterocycles. The highest BCUT2D eigenvalue weighted by Crippen LogP contribution is 2.10. The van der Waals surface area contributed by atoms with Crippen molar-refractivity contribution < 1.29 is 4.74 Å². The van der Waals surface area contributed by atoms with Crippen LogP contribution in [0, 0.1) is 0 Å². The lowest BCUT2D eigenvalue weighted by atomic mass is 10.2. The summed E-state index contributed by atoms with van der Waals surface area (Å²) in [4.78, 5) is 11.8. The van der Waals surface area contributed by atoms with Gasteiger partial charge in [-0.15, -0.1) is 35.3 Å². The molecule has 2 rings (SSSR count). The number of guanidine groups is 1. The second-order valence-electron chi connectivity index (χ2n) is 5.98. The number of thiazole rings is 1. The normalized spacial score (nSPS) is 17.0. The molecule has 0 saturated carbocycles. The van der Waals surface area contributed by atoms with E-state index in [9.17, 15) is 0 Å². The predicted octanol–water partition coefficient (Wildman–Crippen LogP) is 2.14. The van der Waals surface area contributed by atoms with E-state index in [1.807, 2.05) is 0 Å². The lowest BCUT2D eigenvalue weighted by Gasteiger charge is -2.31. The number of aliphatic imine (C=N–C) groups is 1. The number of hydrogen-bond donors (Lipinski definition) is 2. The van der Waals surface area contributed by atoms with Crippen molar-refractivity contribution in [2.24, 2.45) is 4.99 Å². The third-order valence-electron chi connectivity index (χ3n) is 4.10. The van der Waals surface area contributed by atoms with Crippen LogP contribution in [-0.4, -0.2) is 67.8 Å². The van der Waals surface area contributed by atoms with Crippen LogP contribution >= 0.6 is 35.3 Å². The van der Waals surface area contributed by atoms with Gasteiger partial charge in [0.2, 0.25) is 0 Å². The SMILES string of the molecule is CCNC(=NCC(C)N1CCOCC1)NCCc1csc(CC)n1.I. The molecule has 2 heterocycles. The maximum absolute atomic E-state index is 5.41. The Morgan fingerprint density at radius 3 is 2.76 bits per heavy atom. The summed E-state index contributed by atoms with van der Waals surface area (Å²) in [6, 6.07) is 0.440. The fourth-order valence-corrected chi connectivity index (χ4v) is 3.41. The fourth-order valence-electron chi connectivity index (χ4n) is 2.63. The molecule has 1 fully saturated rings. The van der Waals surface area contributed by atoms with Crippen molar-refractivity contribution in [3.63, 3.8) is 0 Å². The summed E-state index contributed by atoms with van der Waals surface area (Å²) in [6.45, 7) is 12.7. The van der Waals surface area contributed by atoms with E-state index in [0.29, 0.717) is 6.04 Å². The Bertz CT molecular complexity index is 505. The Kier molecular flexibility index (Phi) is 11.6. The molecule has 1 unspecified atom stereocenters. The summed E-state index contributed by atoms with van der Waals surface area (Å²) in [7, 11) is 0. The molecule has 0 radical (unpaired) electrons. The summed E-state index contributed by atoms with van der Waals surface area (Å²) in [5, 5.41) is 10.1. The van der Waals surface area contributed by atoms with Crippen LogP contribution in [0.5, 0.6) is 0 Å². The first-order chi connectivity index (χ1) is 11.7. The molecule has 0 amide bonds. The molecule has 8 heteroatoms. The van der Waals surface area contributed by atoms with Gasteiger partial charge in [-0.25, -0.2) is 4.98 Å². The molecular weight excluding hydrogens is 449 g/mol. The van der Waals surface area contributed by atoms with E-state index in [4.69, 9.17) is 9.73 Å². The van der Waals surface area contributed by atoms with Crippen LogP contribution < -0.4 is 10.6 Å². The van der Waals surface area contributed by atoms with Gasteiger partial charge >= 0.3 is 0 Å². The van der Waals surface area contributed by atoms with Crippen LogP contribution in [0.4, 0.5) is 0 Å². The van der Waals surface area contributed by atoms with Crippen molar-refractivity contribution in [3.05, 3.63) is 16.1 Å². The van der Waals surface area contributed by atoms with E-state index in [-0.39, 0.29) is 24.0 Å². The first-order valence-electron chi connectivity index (χ1n) is 9.00. The smallest absolute Gasteiger partial charge is 0.191 e. The van der Waals surface area contributed by atoms with Crippen LogP contribution in [0.3, 0.4) is 0 Å². The molecule has 1 aliphatic rings. The van der Waals surface area contributed by atoms with Crippen molar-refractivity contribution in [1.29, 1.82) is 0 Å². The van der Waals surface area contributed by atoms with Gasteiger partial charge in [0.05, 0.1) is 30.5 Å². The maximum atomic E-state index is 5.41. The second-order valence-corrected chi connectivity index (χ2v) is 6.92. The lowest BCUT2D eigenvalue weighted by Crippen LogP contribution is -2.44. The largest absolute Gasteiger partial charge is 0.379 e. The number of aryl methyl sites for hydroxylation is 1. The predicted molar refractivity (Wildman–Crippen MR) is 116 cm³/mol. The number of rotatable bonds is 8. The molecule has 0 aliphatic carbocycles. The summed E-state index contributed by atoms with van der Waals surface area (Å²) in [6.07, 6.45) is 1.95. The van der Waals surface area contributed by atoms with Crippen LogP contribution in [0.25, 0.3) is 0 Å². The number of aromatic nitrogens is 1. The zero-order valence-electron chi connectivity index (χ0n) is 15.6. The molecular formula is C17H32IN5OS. The zero-order chi connectivity index (χ0) is 17.2. The molecule has 1 saturated heterocycles. The molecule has 0 spiro atoms. The molecule has 6 nitrogen and oxygen atoms in total. The first kappa shape index (κ1) is 22.6. The van der Waals surface area contributed by atoms with Crippen LogP contribution in [0.2, 0.25) is 0 Å². The minimum atomic E-state index is 0. The van der Waals surface area contributed by atoms with Gasteiger partial charge in [0.25, 0.3) is 0 Å². The highest BCUT2D eigenvalue weighted by molar-refractivity contribution is 14.0. The van der Waals surface area contributed by atoms with Gasteiger partial charge in [-0.1, -0.05) is 6.92 Å². The Hall–Kier alpha value is -0.450. The number of hydrogen-bond acceptors (Lipinski definition) is 5. The minimum absolute atomic E-state index is 0. The molecule has 0 bridgehead atoms. The molecule has 2 N–H and O–H groups in total. The van der Waals surface area contributed by atoms with E-state index >= 15 is 0 Å². The van der Waals surface area contributed by atoms with Crippen molar-refractivity contribution in [3.8, 4) is 0 Å². The summed E-state index contributed by atoms with van der Waals surface area (Å²) < 4.78 is 5.41. The summed E-state index contributed by atoms with van der Waals surface area (Å²) >= 11 is 1.75. The van der Waals surface area contributed by atoms with Gasteiger partial charge in [0.15, 0.2) is 5.96 Å². The molecule has 1 atom stereocenters. The number of nitrogens with zero attached hydrogens (tertiary/aromatic N) is 3. The Balaban J connectivity index is 0.00000312.